The molecule has 0 aliphatic heterocycles. The maximum atomic E-state index is 13.0. The van der Waals surface area contributed by atoms with E-state index in [4.69, 9.17) is 9.05 Å². The summed E-state index contributed by atoms with van der Waals surface area (Å²) in [5.41, 5.74) is 0. The minimum atomic E-state index is -4.37. The summed E-state index contributed by atoms with van der Waals surface area (Å²) < 4.78 is 23.7. The van der Waals surface area contributed by atoms with E-state index in [1.165, 1.54) is 135 Å². The van der Waals surface area contributed by atoms with Crippen LogP contribution in [0.25, 0.3) is 0 Å². The molecule has 0 aliphatic carbocycles. The van der Waals surface area contributed by atoms with Gasteiger partial charge in [0.15, 0.2) is 0 Å². The van der Waals surface area contributed by atoms with E-state index in [0.717, 1.165) is 96.3 Å². The van der Waals surface area contributed by atoms with E-state index in [-0.39, 0.29) is 19.1 Å². The number of unbranched alkanes of at least 4 members (excludes halogenated alkanes) is 25. The summed E-state index contributed by atoms with van der Waals surface area (Å²) in [4.78, 5) is 23.4. The van der Waals surface area contributed by atoms with E-state index in [2.05, 4.69) is 141 Å². The largest absolute Gasteiger partial charge is 0.472 e. The van der Waals surface area contributed by atoms with Crippen LogP contribution in [0.2, 0.25) is 0 Å². The molecule has 0 aromatic heterocycles. The maximum Gasteiger partial charge on any atom is 0.472 e. The second-order valence-electron chi connectivity index (χ2n) is 22.8. The number of carbonyl (C=O) groups is 1. The zero-order chi connectivity index (χ0) is 58.4. The van der Waals surface area contributed by atoms with Crippen LogP contribution in [0.4, 0.5) is 0 Å². The molecule has 9 heteroatoms. The van der Waals surface area contributed by atoms with Crippen LogP contribution in [0.5, 0.6) is 0 Å². The molecule has 80 heavy (non-hydrogen) atoms. The monoisotopic (exact) mass is 1130 g/mol. The molecule has 0 aliphatic rings. The number of allylic oxidation sites excluding steroid dienone is 21. The molecule has 1 amide bonds. The Labute approximate surface area is 494 Å². The van der Waals surface area contributed by atoms with E-state index in [9.17, 15) is 19.4 Å². The van der Waals surface area contributed by atoms with Crippen molar-refractivity contribution in [2.24, 2.45) is 0 Å². The van der Waals surface area contributed by atoms with Gasteiger partial charge in [-0.05, 0) is 96.3 Å². The number of phosphoric ester groups is 1. The number of rotatable bonds is 58. The molecule has 0 fully saturated rings. The van der Waals surface area contributed by atoms with Crippen LogP contribution in [0, 0.1) is 0 Å². The van der Waals surface area contributed by atoms with Crippen LogP contribution in [-0.4, -0.2) is 73.4 Å². The Hall–Kier alpha value is -3.36. The highest BCUT2D eigenvalue weighted by atomic mass is 31.2. The number of hydrogen-bond acceptors (Lipinski definition) is 5. The average Bonchev–Trinajstić information content (AvgIpc) is 3.42. The Bertz CT molecular complexity index is 1760. The smallest absolute Gasteiger partial charge is 0.387 e. The molecule has 0 spiro atoms. The number of quaternary nitrogens is 1. The fourth-order valence-corrected chi connectivity index (χ4v) is 9.57. The van der Waals surface area contributed by atoms with Crippen LogP contribution < -0.4 is 5.32 Å². The van der Waals surface area contributed by atoms with Gasteiger partial charge in [0.05, 0.1) is 39.9 Å². The molecule has 3 unspecified atom stereocenters. The van der Waals surface area contributed by atoms with Gasteiger partial charge in [0.1, 0.15) is 13.2 Å². The third kappa shape index (κ3) is 62.2. The molecule has 0 aromatic rings. The molecule has 0 bridgehead atoms. The van der Waals surface area contributed by atoms with E-state index < -0.39 is 20.0 Å². The highest BCUT2D eigenvalue weighted by Crippen LogP contribution is 2.43. The van der Waals surface area contributed by atoms with Crippen LogP contribution in [0.1, 0.15) is 258 Å². The highest BCUT2D eigenvalue weighted by molar-refractivity contribution is 7.47. The van der Waals surface area contributed by atoms with Gasteiger partial charge in [-0.2, -0.15) is 0 Å². The lowest BCUT2D eigenvalue weighted by Crippen LogP contribution is -2.45. The number of phosphoric acid groups is 1. The first kappa shape index (κ1) is 76.6. The van der Waals surface area contributed by atoms with E-state index in [0.29, 0.717) is 23.9 Å². The molecule has 8 nitrogen and oxygen atoms in total. The summed E-state index contributed by atoms with van der Waals surface area (Å²) >= 11 is 0. The van der Waals surface area contributed by atoms with Crippen molar-refractivity contribution in [3.63, 3.8) is 0 Å². The zero-order valence-electron chi connectivity index (χ0n) is 52.3. The predicted octanol–water partition coefficient (Wildman–Crippen LogP) is 20.7. The summed E-state index contributed by atoms with van der Waals surface area (Å²) in [7, 11) is 1.53. The summed E-state index contributed by atoms with van der Waals surface area (Å²) in [6.07, 6.45) is 91.5. The van der Waals surface area contributed by atoms with E-state index in [1.807, 2.05) is 27.2 Å². The van der Waals surface area contributed by atoms with Gasteiger partial charge in [-0.1, -0.05) is 289 Å². The first-order chi connectivity index (χ1) is 39.0. The molecule has 3 N–H and O–H groups in total. The number of nitrogens with one attached hydrogen (secondary N) is 1. The van der Waals surface area contributed by atoms with Crippen LogP contribution in [-0.2, 0) is 18.4 Å². The number of nitrogens with zero attached hydrogens (tertiary/aromatic N) is 1. The average molecular weight is 1130 g/mol. The van der Waals surface area contributed by atoms with Crippen molar-refractivity contribution in [3.05, 3.63) is 134 Å². The molecule has 0 aromatic carbocycles. The van der Waals surface area contributed by atoms with Crippen LogP contribution in [0.15, 0.2) is 134 Å². The molecule has 458 valence electrons. The topological polar surface area (TPSA) is 105 Å². The van der Waals surface area contributed by atoms with Gasteiger partial charge in [0, 0.05) is 6.42 Å². The van der Waals surface area contributed by atoms with Crippen molar-refractivity contribution in [1.29, 1.82) is 0 Å². The van der Waals surface area contributed by atoms with Crippen molar-refractivity contribution in [3.8, 4) is 0 Å². The summed E-state index contributed by atoms with van der Waals surface area (Å²) in [6, 6.07) is -0.882. The van der Waals surface area contributed by atoms with Gasteiger partial charge >= 0.3 is 7.82 Å². The summed E-state index contributed by atoms with van der Waals surface area (Å²) in [5, 5.41) is 14.0. The Morgan fingerprint density at radius 3 is 1.10 bits per heavy atom. The van der Waals surface area contributed by atoms with Gasteiger partial charge in [0.2, 0.25) is 5.91 Å². The molecule has 3 atom stereocenters. The fraction of sp³-hybridized carbons (Fsp3) is 0.676. The summed E-state index contributed by atoms with van der Waals surface area (Å²) in [5.74, 6) is -0.222. The number of likely N-dealkylation sites (N-methyl/N-ethyl adjacent to an activating group) is 1. The third-order valence-electron chi connectivity index (χ3n) is 13.9. The zero-order valence-corrected chi connectivity index (χ0v) is 53.2. The number of carbonyl (C=O) groups excluding carboxylic acids is 1. The standard InChI is InChI=1S/C71H123N2O6P/c1-6-8-10-12-14-16-18-20-22-24-26-28-30-32-33-34-35-36-37-38-39-41-43-45-47-49-51-53-55-57-59-61-63-65-71(75)72-69(68-79-80(76,77)78-67-66-73(3,4)5)70(74)64-62-60-58-56-54-52-50-48-46-44-42-40-31-29-27-25-23-21-19-17-15-13-11-9-7-2/h8,10,14,16,20,22,26,28,32-33,35-36,38-39,43,45,49,51,55,57,62,64,69-70,74H,6-7,9,11-13,15,17-19,21,23-25,27,29-31,34,37,40-42,44,46-48,50,52-54,56,58-61,63,65-68H2,1-5H3,(H-,72,75,76,77)/p+1/b10-8-,16-14-,22-20-,28-26-,33-32-,36-35-,39-38-,45-43-,51-49-,57-55-,64-62+. The highest BCUT2D eigenvalue weighted by Gasteiger charge is 2.27. The third-order valence-corrected chi connectivity index (χ3v) is 14.9. The van der Waals surface area contributed by atoms with Crippen LogP contribution in [0.3, 0.4) is 0 Å². The number of amides is 1. The predicted molar refractivity (Wildman–Crippen MR) is 350 cm³/mol. The lowest BCUT2D eigenvalue weighted by atomic mass is 10.0. The minimum Gasteiger partial charge on any atom is -0.387 e. The van der Waals surface area contributed by atoms with Gasteiger partial charge in [-0.3, -0.25) is 13.8 Å². The number of aliphatic hydroxyl groups is 1. The summed E-state index contributed by atoms with van der Waals surface area (Å²) in [6.45, 7) is 4.68. The molecule has 0 radical (unpaired) electrons. The van der Waals surface area contributed by atoms with E-state index in [1.54, 1.807) is 6.08 Å². The quantitative estimate of drug-likeness (QED) is 0.0243. The Morgan fingerprint density at radius 1 is 0.438 bits per heavy atom. The van der Waals surface area contributed by atoms with Crippen molar-refractivity contribution >= 4 is 13.7 Å². The van der Waals surface area contributed by atoms with Gasteiger partial charge in [-0.25, -0.2) is 4.57 Å². The van der Waals surface area contributed by atoms with Crippen molar-refractivity contribution in [2.45, 2.75) is 270 Å². The lowest BCUT2D eigenvalue weighted by Gasteiger charge is -2.25. The first-order valence-electron chi connectivity index (χ1n) is 32.6. The molecule has 0 saturated carbocycles. The van der Waals surface area contributed by atoms with Gasteiger partial charge in [0.25, 0.3) is 0 Å². The normalized spacial score (nSPS) is 14.6. The van der Waals surface area contributed by atoms with Gasteiger partial charge in [-0.15, -0.1) is 0 Å². The Morgan fingerprint density at radius 2 is 0.750 bits per heavy atom. The number of hydrogen-bond donors (Lipinski definition) is 3. The Kier molecular flexibility index (Phi) is 57.7. The second kappa shape index (κ2) is 60.2. The van der Waals surface area contributed by atoms with Crippen molar-refractivity contribution in [2.75, 3.05) is 40.9 Å². The SMILES string of the molecule is CC/C=C\C/C=C\C/C=C\C/C=C\C/C=C\C/C=C\C/C=C\C/C=C\C/C=C\C/C=C\CCCCC(=O)NC(COP(=O)(O)OCC[N+](C)(C)C)C(O)/C=C/CCCCCCCCCCCCCCCCCCCCCCCCC. The molecule has 0 heterocycles. The molecule has 0 rings (SSSR count). The minimum absolute atomic E-state index is 0.0458. The molecular weight excluding hydrogens is 1010 g/mol. The second-order valence-corrected chi connectivity index (χ2v) is 24.2. The maximum absolute atomic E-state index is 13.0. The van der Waals surface area contributed by atoms with E-state index >= 15 is 0 Å². The van der Waals surface area contributed by atoms with Crippen molar-refractivity contribution < 1.29 is 32.9 Å². The fourth-order valence-electron chi connectivity index (χ4n) is 8.84. The number of aliphatic hydroxyl groups excluding tert-OH is 1. The van der Waals surface area contributed by atoms with Crippen LogP contribution >= 0.6 is 7.82 Å². The first-order valence-corrected chi connectivity index (χ1v) is 34.1. The van der Waals surface area contributed by atoms with Gasteiger partial charge < -0.3 is 19.8 Å². The lowest BCUT2D eigenvalue weighted by molar-refractivity contribution is -0.870. The Balaban J connectivity index is 4.29. The molecule has 0 saturated heterocycles. The van der Waals surface area contributed by atoms with Crippen molar-refractivity contribution in [1.82, 2.24) is 5.32 Å². The molecular formula is C71H124N2O6P+.